The molecule has 3 nitrogen and oxygen atoms in total. The number of carbonyl (C=O) groups is 1. The lowest BCUT2D eigenvalue weighted by atomic mass is 10.0. The highest BCUT2D eigenvalue weighted by Gasteiger charge is 2.41. The van der Waals surface area contributed by atoms with Gasteiger partial charge < -0.3 is 9.73 Å². The summed E-state index contributed by atoms with van der Waals surface area (Å²) in [6.45, 7) is 0.746. The largest absolute Gasteiger partial charge is 0.444 e. The molecule has 0 unspecified atom stereocenters. The van der Waals surface area contributed by atoms with Gasteiger partial charge in [0.1, 0.15) is 0 Å². The van der Waals surface area contributed by atoms with E-state index in [0.29, 0.717) is 15.8 Å². The lowest BCUT2D eigenvalue weighted by molar-refractivity contribution is 0.0915. The Balaban J connectivity index is 1.84. The molecule has 2 rings (SSSR count). The summed E-state index contributed by atoms with van der Waals surface area (Å²) in [5, 5.41) is 3.92. The van der Waals surface area contributed by atoms with Crippen molar-refractivity contribution in [1.82, 2.24) is 5.32 Å². The van der Waals surface area contributed by atoms with E-state index in [-0.39, 0.29) is 5.91 Å². The van der Waals surface area contributed by atoms with Crippen LogP contribution in [-0.4, -0.2) is 17.8 Å². The van der Waals surface area contributed by atoms with Crippen LogP contribution < -0.4 is 5.32 Å². The van der Waals surface area contributed by atoms with Gasteiger partial charge in [0.05, 0.1) is 0 Å². The maximum atomic E-state index is 11.7. The van der Waals surface area contributed by atoms with Gasteiger partial charge in [0.15, 0.2) is 10.4 Å². The van der Waals surface area contributed by atoms with E-state index in [1.807, 2.05) is 0 Å². The zero-order chi connectivity index (χ0) is 11.6. The summed E-state index contributed by atoms with van der Waals surface area (Å²) in [5.74, 6) is 0.230. The van der Waals surface area contributed by atoms with Crippen molar-refractivity contribution in [3.05, 3.63) is 22.6 Å². The fraction of sp³-hybridized carbons (Fsp3) is 0.545. The van der Waals surface area contributed by atoms with Crippen molar-refractivity contribution in [1.29, 1.82) is 0 Å². The second-order valence-electron chi connectivity index (χ2n) is 4.23. The quantitative estimate of drug-likeness (QED) is 0.827. The number of alkyl halides is 1. The lowest BCUT2D eigenvalue weighted by Gasteiger charge is -2.13. The van der Waals surface area contributed by atoms with Crippen LogP contribution in [0.1, 0.15) is 29.8 Å². The van der Waals surface area contributed by atoms with Crippen LogP contribution in [0.25, 0.3) is 0 Å². The van der Waals surface area contributed by atoms with Crippen molar-refractivity contribution in [3.63, 3.8) is 0 Å². The SMILES string of the molecule is O=C(NCC1(CCBr)CC1)c1ccc(Br)o1. The molecule has 5 heteroatoms. The Morgan fingerprint density at radius 1 is 1.50 bits per heavy atom. The van der Waals surface area contributed by atoms with E-state index in [2.05, 4.69) is 37.2 Å². The molecule has 1 aliphatic carbocycles. The van der Waals surface area contributed by atoms with E-state index >= 15 is 0 Å². The summed E-state index contributed by atoms with van der Waals surface area (Å²) in [7, 11) is 0. The number of halogens is 2. The Morgan fingerprint density at radius 2 is 2.25 bits per heavy atom. The molecular weight excluding hydrogens is 338 g/mol. The molecule has 16 heavy (non-hydrogen) atoms. The first-order valence-corrected chi connectivity index (χ1v) is 7.16. The lowest BCUT2D eigenvalue weighted by Crippen LogP contribution is -2.30. The van der Waals surface area contributed by atoms with Crippen molar-refractivity contribution in [2.75, 3.05) is 11.9 Å². The number of hydrogen-bond donors (Lipinski definition) is 1. The molecule has 0 bridgehead atoms. The molecule has 1 aromatic rings. The second kappa shape index (κ2) is 4.92. The Labute approximate surface area is 111 Å². The van der Waals surface area contributed by atoms with Crippen molar-refractivity contribution < 1.29 is 9.21 Å². The smallest absolute Gasteiger partial charge is 0.287 e. The molecule has 1 fully saturated rings. The van der Waals surface area contributed by atoms with Crippen molar-refractivity contribution in [2.45, 2.75) is 19.3 Å². The average Bonchev–Trinajstić information content (AvgIpc) is 2.89. The van der Waals surface area contributed by atoms with Gasteiger partial charge in [-0.05, 0) is 52.7 Å². The number of furan rings is 1. The van der Waals surface area contributed by atoms with Crippen LogP contribution in [0.4, 0.5) is 0 Å². The molecule has 1 aliphatic rings. The number of hydrogen-bond acceptors (Lipinski definition) is 2. The Hall–Kier alpha value is -0.290. The molecule has 0 spiro atoms. The van der Waals surface area contributed by atoms with Gasteiger partial charge in [0.25, 0.3) is 5.91 Å². The number of rotatable bonds is 5. The van der Waals surface area contributed by atoms with Crippen LogP contribution in [0.15, 0.2) is 21.2 Å². The van der Waals surface area contributed by atoms with E-state index in [1.54, 1.807) is 12.1 Å². The molecule has 0 saturated heterocycles. The number of amides is 1. The predicted molar refractivity (Wildman–Crippen MR) is 68.8 cm³/mol. The zero-order valence-corrected chi connectivity index (χ0v) is 11.9. The first-order valence-electron chi connectivity index (χ1n) is 5.25. The summed E-state index contributed by atoms with van der Waals surface area (Å²) < 4.78 is 5.77. The Morgan fingerprint density at radius 3 is 2.75 bits per heavy atom. The maximum absolute atomic E-state index is 11.7. The van der Waals surface area contributed by atoms with Crippen LogP contribution in [0.2, 0.25) is 0 Å². The Kier molecular flexibility index (Phi) is 3.74. The van der Waals surface area contributed by atoms with E-state index < -0.39 is 0 Å². The van der Waals surface area contributed by atoms with Crippen LogP contribution in [0.5, 0.6) is 0 Å². The number of carbonyl (C=O) groups excluding carboxylic acids is 1. The minimum Gasteiger partial charge on any atom is -0.444 e. The van der Waals surface area contributed by atoms with Crippen molar-refractivity contribution >= 4 is 37.8 Å². The van der Waals surface area contributed by atoms with Gasteiger partial charge >= 0.3 is 0 Å². The van der Waals surface area contributed by atoms with E-state index in [0.717, 1.165) is 18.3 Å². The van der Waals surface area contributed by atoms with E-state index in [9.17, 15) is 4.79 Å². The topological polar surface area (TPSA) is 42.2 Å². The van der Waals surface area contributed by atoms with Gasteiger partial charge in [-0.25, -0.2) is 0 Å². The van der Waals surface area contributed by atoms with Crippen molar-refractivity contribution in [3.8, 4) is 0 Å². The third-order valence-electron chi connectivity index (χ3n) is 3.00. The molecule has 1 heterocycles. The van der Waals surface area contributed by atoms with E-state index in [1.165, 1.54) is 12.8 Å². The molecule has 0 atom stereocenters. The highest BCUT2D eigenvalue weighted by molar-refractivity contribution is 9.10. The van der Waals surface area contributed by atoms with E-state index in [4.69, 9.17) is 4.42 Å². The zero-order valence-electron chi connectivity index (χ0n) is 8.76. The molecule has 88 valence electrons. The van der Waals surface area contributed by atoms with Gasteiger partial charge in [-0.1, -0.05) is 15.9 Å². The summed E-state index contributed by atoms with van der Waals surface area (Å²) >= 11 is 6.62. The minimum atomic E-state index is -0.133. The highest BCUT2D eigenvalue weighted by atomic mass is 79.9. The van der Waals surface area contributed by atoms with Crippen LogP contribution in [-0.2, 0) is 0 Å². The predicted octanol–water partition coefficient (Wildman–Crippen LogP) is 3.34. The Bertz CT molecular complexity index is 385. The molecule has 1 amide bonds. The summed E-state index contributed by atoms with van der Waals surface area (Å²) in [5.41, 5.74) is 0.336. The molecule has 0 radical (unpaired) electrons. The molecule has 0 aliphatic heterocycles. The fourth-order valence-corrected chi connectivity index (χ4v) is 2.83. The maximum Gasteiger partial charge on any atom is 0.287 e. The fourth-order valence-electron chi connectivity index (χ4n) is 1.68. The van der Waals surface area contributed by atoms with Crippen LogP contribution in [0, 0.1) is 5.41 Å². The third kappa shape index (κ3) is 2.88. The minimum absolute atomic E-state index is 0.133. The monoisotopic (exact) mass is 349 g/mol. The van der Waals surface area contributed by atoms with Crippen molar-refractivity contribution in [2.24, 2.45) is 5.41 Å². The molecule has 0 aromatic carbocycles. The average molecular weight is 351 g/mol. The van der Waals surface area contributed by atoms with Crippen LogP contribution >= 0.6 is 31.9 Å². The summed E-state index contributed by atoms with van der Waals surface area (Å²) in [6, 6.07) is 3.39. The number of nitrogens with one attached hydrogen (secondary N) is 1. The second-order valence-corrected chi connectivity index (χ2v) is 5.80. The molecule has 1 aromatic heterocycles. The van der Waals surface area contributed by atoms with Gasteiger partial charge in [-0.2, -0.15) is 0 Å². The molecular formula is C11H13Br2NO2. The summed E-state index contributed by atoms with van der Waals surface area (Å²) in [6.07, 6.45) is 3.54. The third-order valence-corrected chi connectivity index (χ3v) is 3.83. The first kappa shape index (κ1) is 12.2. The summed E-state index contributed by atoms with van der Waals surface area (Å²) in [4.78, 5) is 11.7. The van der Waals surface area contributed by atoms with Gasteiger partial charge in [-0.15, -0.1) is 0 Å². The molecule has 1 N–H and O–H groups in total. The van der Waals surface area contributed by atoms with Crippen LogP contribution in [0.3, 0.4) is 0 Å². The van der Waals surface area contributed by atoms with Gasteiger partial charge in [0, 0.05) is 11.9 Å². The highest BCUT2D eigenvalue weighted by Crippen LogP contribution is 2.48. The van der Waals surface area contributed by atoms with Gasteiger partial charge in [-0.3, -0.25) is 4.79 Å². The normalized spacial score (nSPS) is 17.1. The molecule has 1 saturated carbocycles. The van der Waals surface area contributed by atoms with Gasteiger partial charge in [0.2, 0.25) is 0 Å². The first-order chi connectivity index (χ1) is 7.65. The standard InChI is InChI=1S/C11H13Br2NO2/c12-6-5-11(3-4-11)7-14-10(15)8-1-2-9(13)16-8/h1-2H,3-7H2,(H,14,15).